The molecule has 0 aromatic carbocycles. The monoisotopic (exact) mass is 284 g/mol. The molecule has 0 saturated carbocycles. The van der Waals surface area contributed by atoms with Crippen LogP contribution in [0.4, 0.5) is 0 Å². The standard InChI is InChI=1S/C15H28N2O3/c1-3-5-9-16-13(18)11-17-10-6-8-15(12-17,7-4-2)14(19)20/h3-12H2,1-2H3,(H,16,18)(H,19,20). The molecule has 5 nitrogen and oxygen atoms in total. The quantitative estimate of drug-likeness (QED) is 0.668. The van der Waals surface area contributed by atoms with Gasteiger partial charge in [0.2, 0.25) is 5.91 Å². The van der Waals surface area contributed by atoms with Crippen molar-refractivity contribution in [3.8, 4) is 0 Å². The molecule has 1 unspecified atom stereocenters. The number of nitrogens with zero attached hydrogens (tertiary/aromatic N) is 1. The van der Waals surface area contributed by atoms with E-state index >= 15 is 0 Å². The molecule has 0 spiro atoms. The first kappa shape index (κ1) is 17.0. The van der Waals surface area contributed by atoms with Crippen molar-refractivity contribution in [1.29, 1.82) is 0 Å². The van der Waals surface area contributed by atoms with Crippen molar-refractivity contribution in [3.05, 3.63) is 0 Å². The summed E-state index contributed by atoms with van der Waals surface area (Å²) in [5.41, 5.74) is -0.656. The summed E-state index contributed by atoms with van der Waals surface area (Å²) >= 11 is 0. The van der Waals surface area contributed by atoms with Crippen LogP contribution in [0.3, 0.4) is 0 Å². The molecule has 1 heterocycles. The number of nitrogens with one attached hydrogen (secondary N) is 1. The van der Waals surface area contributed by atoms with Gasteiger partial charge in [-0.25, -0.2) is 0 Å². The maximum absolute atomic E-state index is 11.8. The second-order valence-electron chi connectivity index (χ2n) is 5.85. The Morgan fingerprint density at radius 3 is 2.65 bits per heavy atom. The van der Waals surface area contributed by atoms with Gasteiger partial charge in [-0.3, -0.25) is 14.5 Å². The first-order valence-electron chi connectivity index (χ1n) is 7.76. The van der Waals surface area contributed by atoms with E-state index in [-0.39, 0.29) is 5.91 Å². The highest BCUT2D eigenvalue weighted by molar-refractivity contribution is 5.78. The van der Waals surface area contributed by atoms with E-state index in [9.17, 15) is 14.7 Å². The molecule has 20 heavy (non-hydrogen) atoms. The Balaban J connectivity index is 2.51. The lowest BCUT2D eigenvalue weighted by atomic mass is 9.76. The van der Waals surface area contributed by atoms with Gasteiger partial charge >= 0.3 is 5.97 Å². The zero-order valence-corrected chi connectivity index (χ0v) is 12.8. The van der Waals surface area contributed by atoms with Crippen molar-refractivity contribution >= 4 is 11.9 Å². The van der Waals surface area contributed by atoms with Crippen LogP contribution in [0.1, 0.15) is 52.4 Å². The number of amides is 1. The number of unbranched alkanes of at least 4 members (excludes halogenated alkanes) is 1. The van der Waals surface area contributed by atoms with Gasteiger partial charge in [-0.1, -0.05) is 26.7 Å². The van der Waals surface area contributed by atoms with Gasteiger partial charge in [-0.15, -0.1) is 0 Å². The van der Waals surface area contributed by atoms with Gasteiger partial charge in [0, 0.05) is 13.1 Å². The van der Waals surface area contributed by atoms with Gasteiger partial charge in [0.25, 0.3) is 0 Å². The third-order valence-electron chi connectivity index (χ3n) is 4.06. The Morgan fingerprint density at radius 2 is 2.05 bits per heavy atom. The first-order chi connectivity index (χ1) is 9.54. The summed E-state index contributed by atoms with van der Waals surface area (Å²) < 4.78 is 0. The van der Waals surface area contributed by atoms with Crippen molar-refractivity contribution in [1.82, 2.24) is 10.2 Å². The summed E-state index contributed by atoms with van der Waals surface area (Å²) in [6.07, 6.45) is 5.18. The number of hydrogen-bond donors (Lipinski definition) is 2. The molecule has 1 fully saturated rings. The van der Waals surface area contributed by atoms with Gasteiger partial charge in [0.15, 0.2) is 0 Å². The normalized spacial score (nSPS) is 23.5. The van der Waals surface area contributed by atoms with E-state index in [0.29, 0.717) is 26.1 Å². The van der Waals surface area contributed by atoms with Gasteiger partial charge < -0.3 is 10.4 Å². The third kappa shape index (κ3) is 4.78. The number of rotatable bonds is 8. The molecule has 1 aliphatic rings. The van der Waals surface area contributed by atoms with Crippen LogP contribution in [0.25, 0.3) is 0 Å². The van der Waals surface area contributed by atoms with Crippen molar-refractivity contribution in [3.63, 3.8) is 0 Å². The minimum atomic E-state index is -0.713. The summed E-state index contributed by atoms with van der Waals surface area (Å²) in [7, 11) is 0. The van der Waals surface area contributed by atoms with Crippen LogP contribution in [0.2, 0.25) is 0 Å². The number of carbonyl (C=O) groups excluding carboxylic acids is 1. The molecular weight excluding hydrogens is 256 g/mol. The van der Waals surface area contributed by atoms with E-state index in [2.05, 4.69) is 12.2 Å². The maximum atomic E-state index is 11.8. The highest BCUT2D eigenvalue weighted by Crippen LogP contribution is 2.34. The number of hydrogen-bond acceptors (Lipinski definition) is 3. The molecule has 0 aromatic heterocycles. The molecule has 0 radical (unpaired) electrons. The predicted octanol–water partition coefficient (Wildman–Crippen LogP) is 1.87. The second-order valence-corrected chi connectivity index (χ2v) is 5.85. The van der Waals surface area contributed by atoms with Crippen LogP contribution in [-0.2, 0) is 9.59 Å². The van der Waals surface area contributed by atoms with Gasteiger partial charge in [-0.05, 0) is 32.2 Å². The topological polar surface area (TPSA) is 69.6 Å². The number of carboxylic acids is 1. The third-order valence-corrected chi connectivity index (χ3v) is 4.06. The fourth-order valence-corrected chi connectivity index (χ4v) is 2.99. The summed E-state index contributed by atoms with van der Waals surface area (Å²) in [5.74, 6) is -0.702. The molecule has 2 N–H and O–H groups in total. The molecule has 0 bridgehead atoms. The predicted molar refractivity (Wildman–Crippen MR) is 78.6 cm³/mol. The van der Waals surface area contributed by atoms with Crippen molar-refractivity contribution in [2.75, 3.05) is 26.2 Å². The fourth-order valence-electron chi connectivity index (χ4n) is 2.99. The minimum absolute atomic E-state index is 0.0103. The van der Waals surface area contributed by atoms with Gasteiger partial charge in [-0.2, -0.15) is 0 Å². The molecular formula is C15H28N2O3. The van der Waals surface area contributed by atoms with E-state index in [1.807, 2.05) is 11.8 Å². The molecule has 1 rings (SSSR count). The van der Waals surface area contributed by atoms with Crippen LogP contribution in [-0.4, -0.2) is 48.1 Å². The van der Waals surface area contributed by atoms with Crippen LogP contribution >= 0.6 is 0 Å². The Hall–Kier alpha value is -1.10. The summed E-state index contributed by atoms with van der Waals surface area (Å²) in [4.78, 5) is 25.4. The zero-order chi connectivity index (χ0) is 15.0. The SMILES string of the molecule is CCCCNC(=O)CN1CCCC(CCC)(C(=O)O)C1. The van der Waals surface area contributed by atoms with E-state index in [1.165, 1.54) is 0 Å². The Labute approximate surface area is 121 Å². The van der Waals surface area contributed by atoms with Crippen molar-refractivity contribution in [2.45, 2.75) is 52.4 Å². The van der Waals surface area contributed by atoms with Gasteiger partial charge in [0.1, 0.15) is 0 Å². The molecule has 0 aliphatic carbocycles. The molecule has 1 saturated heterocycles. The Morgan fingerprint density at radius 1 is 1.30 bits per heavy atom. The van der Waals surface area contributed by atoms with E-state index < -0.39 is 11.4 Å². The highest BCUT2D eigenvalue weighted by Gasteiger charge is 2.41. The van der Waals surface area contributed by atoms with Crippen molar-refractivity contribution in [2.24, 2.45) is 5.41 Å². The largest absolute Gasteiger partial charge is 0.481 e. The molecule has 1 aliphatic heterocycles. The first-order valence-corrected chi connectivity index (χ1v) is 7.76. The molecule has 5 heteroatoms. The number of aliphatic carboxylic acids is 1. The van der Waals surface area contributed by atoms with Crippen LogP contribution < -0.4 is 5.32 Å². The van der Waals surface area contributed by atoms with Gasteiger partial charge in [0.05, 0.1) is 12.0 Å². The van der Waals surface area contributed by atoms with Crippen LogP contribution in [0.15, 0.2) is 0 Å². The smallest absolute Gasteiger partial charge is 0.310 e. The lowest BCUT2D eigenvalue weighted by molar-refractivity contribution is -0.154. The second kappa shape index (κ2) is 8.25. The lowest BCUT2D eigenvalue weighted by Crippen LogP contribution is -2.50. The zero-order valence-electron chi connectivity index (χ0n) is 12.8. The van der Waals surface area contributed by atoms with Crippen molar-refractivity contribution < 1.29 is 14.7 Å². The van der Waals surface area contributed by atoms with Crippen LogP contribution in [0, 0.1) is 5.41 Å². The maximum Gasteiger partial charge on any atom is 0.310 e. The van der Waals surface area contributed by atoms with E-state index in [4.69, 9.17) is 0 Å². The average molecular weight is 284 g/mol. The minimum Gasteiger partial charge on any atom is -0.481 e. The number of piperidine rings is 1. The molecule has 1 amide bonds. The summed E-state index contributed by atoms with van der Waals surface area (Å²) in [5, 5.41) is 12.4. The van der Waals surface area contributed by atoms with E-state index in [0.717, 1.165) is 38.6 Å². The van der Waals surface area contributed by atoms with Crippen LogP contribution in [0.5, 0.6) is 0 Å². The average Bonchev–Trinajstić information content (AvgIpc) is 2.39. The number of likely N-dealkylation sites (tertiary alicyclic amines) is 1. The Kier molecular flexibility index (Phi) is 6.99. The Bertz CT molecular complexity index is 329. The van der Waals surface area contributed by atoms with E-state index in [1.54, 1.807) is 0 Å². The molecule has 116 valence electrons. The summed E-state index contributed by atoms with van der Waals surface area (Å²) in [6.45, 7) is 6.45. The number of carbonyl (C=O) groups is 2. The summed E-state index contributed by atoms with van der Waals surface area (Å²) in [6, 6.07) is 0. The number of carboxylic acid groups (broad SMARTS) is 1. The highest BCUT2D eigenvalue weighted by atomic mass is 16.4. The fraction of sp³-hybridized carbons (Fsp3) is 0.867. The molecule has 0 aromatic rings. The lowest BCUT2D eigenvalue weighted by Gasteiger charge is -2.39. The molecule has 1 atom stereocenters.